The molecule has 34 heavy (non-hydrogen) atoms. The number of benzene rings is 1. The minimum Gasteiger partial charge on any atom is -0.394 e. The largest absolute Gasteiger partial charge is 0.394 e. The van der Waals surface area contributed by atoms with Crippen LogP contribution in [0.1, 0.15) is 40.1 Å². The minimum atomic E-state index is -0.749. The van der Waals surface area contributed by atoms with Crippen LogP contribution >= 0.6 is 11.6 Å². The number of hydrogen-bond donors (Lipinski definition) is 3. The molecule has 0 bridgehead atoms. The lowest BCUT2D eigenvalue weighted by atomic mass is 10.0. The van der Waals surface area contributed by atoms with E-state index in [0.29, 0.717) is 40.0 Å². The van der Waals surface area contributed by atoms with Crippen molar-refractivity contribution in [1.82, 2.24) is 25.2 Å². The molecule has 2 aromatic heterocycles. The van der Waals surface area contributed by atoms with Gasteiger partial charge < -0.3 is 20.6 Å². The Hall–Kier alpha value is -3.56. The van der Waals surface area contributed by atoms with Gasteiger partial charge in [0.15, 0.2) is 0 Å². The smallest absolute Gasteiger partial charge is 0.255 e. The Balaban J connectivity index is 1.53. The average molecular weight is 481 g/mol. The van der Waals surface area contributed by atoms with Gasteiger partial charge in [0, 0.05) is 30.9 Å². The predicted molar refractivity (Wildman–Crippen MR) is 128 cm³/mol. The molecule has 10 heteroatoms. The van der Waals surface area contributed by atoms with Crippen molar-refractivity contribution in [2.75, 3.05) is 19.0 Å². The van der Waals surface area contributed by atoms with E-state index in [1.807, 2.05) is 31.2 Å². The van der Waals surface area contributed by atoms with Crippen LogP contribution in [0.5, 0.6) is 0 Å². The van der Waals surface area contributed by atoms with Crippen LogP contribution in [-0.4, -0.2) is 56.5 Å². The van der Waals surface area contributed by atoms with E-state index < -0.39 is 12.1 Å². The van der Waals surface area contributed by atoms with E-state index in [9.17, 15) is 14.7 Å². The Morgan fingerprint density at radius 3 is 2.76 bits per heavy atom. The van der Waals surface area contributed by atoms with Gasteiger partial charge in [-0.1, -0.05) is 23.7 Å². The Bertz CT molecular complexity index is 1250. The van der Waals surface area contributed by atoms with Crippen LogP contribution in [0.3, 0.4) is 0 Å². The number of aromatic nitrogens is 3. The van der Waals surface area contributed by atoms with Gasteiger partial charge in [0.1, 0.15) is 6.04 Å². The first-order valence-electron chi connectivity index (χ1n) is 10.8. The first kappa shape index (κ1) is 23.6. The molecular weight excluding hydrogens is 456 g/mol. The van der Waals surface area contributed by atoms with E-state index in [1.54, 1.807) is 26.2 Å². The molecule has 176 valence electrons. The normalized spacial score (nSPS) is 14.5. The van der Waals surface area contributed by atoms with Crippen LogP contribution < -0.4 is 10.6 Å². The van der Waals surface area contributed by atoms with Gasteiger partial charge in [-0.15, -0.1) is 0 Å². The summed E-state index contributed by atoms with van der Waals surface area (Å²) in [5.41, 5.74) is 4.03. The molecule has 1 aliphatic rings. The summed E-state index contributed by atoms with van der Waals surface area (Å²) in [6, 6.07) is 7.66. The second-order valence-corrected chi connectivity index (χ2v) is 8.53. The third kappa shape index (κ3) is 4.57. The number of aliphatic hydroxyl groups excluding tert-OH is 1. The Morgan fingerprint density at radius 2 is 2.06 bits per heavy atom. The highest BCUT2D eigenvalue weighted by atomic mass is 35.5. The quantitative estimate of drug-likeness (QED) is 0.475. The van der Waals surface area contributed by atoms with Gasteiger partial charge >= 0.3 is 0 Å². The molecule has 0 aliphatic carbocycles. The Kier molecular flexibility index (Phi) is 6.76. The van der Waals surface area contributed by atoms with Crippen LogP contribution in [-0.2, 0) is 11.3 Å². The lowest BCUT2D eigenvalue weighted by Gasteiger charge is -2.25. The van der Waals surface area contributed by atoms with Gasteiger partial charge in [-0.2, -0.15) is 0 Å². The number of aliphatic hydroxyl groups is 1. The molecule has 0 saturated heterocycles. The van der Waals surface area contributed by atoms with Crippen LogP contribution in [0.15, 0.2) is 42.7 Å². The van der Waals surface area contributed by atoms with Crippen molar-refractivity contribution in [3.63, 3.8) is 0 Å². The number of fused-ring (bicyclic) bond motifs is 1. The van der Waals surface area contributed by atoms with Crippen LogP contribution in [0.2, 0.25) is 5.02 Å². The van der Waals surface area contributed by atoms with Gasteiger partial charge in [-0.3, -0.25) is 14.6 Å². The number of aryl methyl sites for hydroxylation is 1. The molecule has 1 aromatic carbocycles. The van der Waals surface area contributed by atoms with E-state index in [4.69, 9.17) is 11.6 Å². The summed E-state index contributed by atoms with van der Waals surface area (Å²) in [5.74, 6) is -0.214. The fourth-order valence-corrected chi connectivity index (χ4v) is 4.07. The van der Waals surface area contributed by atoms with E-state index >= 15 is 0 Å². The lowest BCUT2D eigenvalue weighted by Crippen LogP contribution is -2.46. The molecule has 2 amide bonds. The molecule has 0 unspecified atom stereocenters. The molecule has 0 radical (unpaired) electrons. The third-order valence-electron chi connectivity index (χ3n) is 5.82. The maximum absolute atomic E-state index is 13.2. The molecule has 0 spiro atoms. The number of amides is 2. The number of rotatable bonds is 7. The minimum absolute atomic E-state index is 0.257. The molecule has 3 heterocycles. The maximum Gasteiger partial charge on any atom is 0.255 e. The predicted octanol–water partition coefficient (Wildman–Crippen LogP) is 2.74. The van der Waals surface area contributed by atoms with Crippen LogP contribution in [0.4, 0.5) is 5.95 Å². The van der Waals surface area contributed by atoms with E-state index in [-0.39, 0.29) is 18.4 Å². The standard InChI is InChI=1S/C24H25ClN6O3/c1-13-6-7-27-19(8-13)20(12-32)29-22(33)14(2)31-11-16-5-4-15(9-17(16)23(31)34)21-18(25)10-28-24(26-3)30-21/h4-10,14,20,32H,11-12H2,1-3H3,(H,29,33)(H,26,28,30)/t14-,20-/m1/s1. The van der Waals surface area contributed by atoms with E-state index in [0.717, 1.165) is 11.1 Å². The molecule has 0 saturated carbocycles. The summed E-state index contributed by atoms with van der Waals surface area (Å²) in [4.78, 5) is 40.4. The number of anilines is 1. The van der Waals surface area contributed by atoms with Gasteiger partial charge in [0.05, 0.1) is 35.3 Å². The van der Waals surface area contributed by atoms with Gasteiger partial charge in [0.2, 0.25) is 11.9 Å². The van der Waals surface area contributed by atoms with Gasteiger partial charge in [-0.05, 0) is 43.2 Å². The van der Waals surface area contributed by atoms with Crippen molar-refractivity contribution in [3.8, 4) is 11.3 Å². The Labute approximate surface area is 202 Å². The zero-order valence-corrected chi connectivity index (χ0v) is 19.8. The highest BCUT2D eigenvalue weighted by Crippen LogP contribution is 2.32. The van der Waals surface area contributed by atoms with Gasteiger partial charge in [-0.25, -0.2) is 9.97 Å². The van der Waals surface area contributed by atoms with Crippen molar-refractivity contribution in [2.45, 2.75) is 32.5 Å². The second-order valence-electron chi connectivity index (χ2n) is 8.12. The molecular formula is C24H25ClN6O3. The topological polar surface area (TPSA) is 120 Å². The molecule has 4 rings (SSSR count). The molecule has 3 aromatic rings. The van der Waals surface area contributed by atoms with E-state index in [1.165, 1.54) is 11.1 Å². The first-order valence-corrected chi connectivity index (χ1v) is 11.2. The lowest BCUT2D eigenvalue weighted by molar-refractivity contribution is -0.126. The molecule has 1 aliphatic heterocycles. The number of nitrogens with zero attached hydrogens (tertiary/aromatic N) is 4. The number of carbonyl (C=O) groups is 2. The summed E-state index contributed by atoms with van der Waals surface area (Å²) in [5, 5.41) is 15.8. The maximum atomic E-state index is 13.2. The third-order valence-corrected chi connectivity index (χ3v) is 6.10. The molecule has 9 nitrogen and oxygen atoms in total. The summed E-state index contributed by atoms with van der Waals surface area (Å²) in [7, 11) is 1.71. The summed E-state index contributed by atoms with van der Waals surface area (Å²) in [6.07, 6.45) is 3.13. The number of pyridine rings is 1. The van der Waals surface area contributed by atoms with Gasteiger partial charge in [0.25, 0.3) is 5.91 Å². The number of hydrogen-bond acceptors (Lipinski definition) is 7. The Morgan fingerprint density at radius 1 is 1.26 bits per heavy atom. The molecule has 3 N–H and O–H groups in total. The SMILES string of the molecule is CNc1ncc(Cl)c(-c2ccc3c(c2)C(=O)N([C@H](C)C(=O)N[C@H](CO)c2cc(C)ccn2)C3)n1. The van der Waals surface area contributed by atoms with Crippen molar-refractivity contribution in [3.05, 3.63) is 70.1 Å². The highest BCUT2D eigenvalue weighted by molar-refractivity contribution is 6.33. The molecule has 2 atom stereocenters. The number of nitrogens with one attached hydrogen (secondary N) is 2. The van der Waals surface area contributed by atoms with Crippen molar-refractivity contribution in [1.29, 1.82) is 0 Å². The van der Waals surface area contributed by atoms with Crippen molar-refractivity contribution in [2.24, 2.45) is 0 Å². The summed E-state index contributed by atoms with van der Waals surface area (Å²) in [6.45, 7) is 3.57. The fraction of sp³-hybridized carbons (Fsp3) is 0.292. The fourth-order valence-electron chi connectivity index (χ4n) is 3.87. The first-order chi connectivity index (χ1) is 16.3. The highest BCUT2D eigenvalue weighted by Gasteiger charge is 2.35. The monoisotopic (exact) mass is 480 g/mol. The summed E-state index contributed by atoms with van der Waals surface area (Å²) < 4.78 is 0. The van der Waals surface area contributed by atoms with Crippen LogP contribution in [0.25, 0.3) is 11.3 Å². The zero-order valence-electron chi connectivity index (χ0n) is 19.0. The van der Waals surface area contributed by atoms with Crippen molar-refractivity contribution >= 4 is 29.4 Å². The summed E-state index contributed by atoms with van der Waals surface area (Å²) >= 11 is 6.29. The number of halogens is 1. The van der Waals surface area contributed by atoms with E-state index in [2.05, 4.69) is 25.6 Å². The number of carbonyl (C=O) groups excluding carboxylic acids is 2. The molecule has 0 fully saturated rings. The average Bonchev–Trinajstić information content (AvgIpc) is 3.17. The van der Waals surface area contributed by atoms with Crippen LogP contribution in [0, 0.1) is 6.92 Å². The van der Waals surface area contributed by atoms with Crippen molar-refractivity contribution < 1.29 is 14.7 Å². The second kappa shape index (κ2) is 9.74. The zero-order chi connectivity index (χ0) is 24.4.